The number of esters is 1. The Morgan fingerprint density at radius 2 is 1.46 bits per heavy atom. The summed E-state index contributed by atoms with van der Waals surface area (Å²) in [7, 11) is 0. The zero-order valence-corrected chi connectivity index (χ0v) is 15.7. The monoisotopic (exact) mass is 358 g/mol. The Kier molecular flexibility index (Phi) is 5.97. The molecule has 0 amide bonds. The molecular formula is C20H26N2O4. The van der Waals surface area contributed by atoms with Crippen LogP contribution in [0.4, 0.5) is 11.4 Å². The highest BCUT2D eigenvalue weighted by Gasteiger charge is 2.18. The molecule has 140 valence electrons. The topological polar surface area (TPSA) is 96.8 Å². The van der Waals surface area contributed by atoms with Crippen LogP contribution in [-0.2, 0) is 4.74 Å². The molecule has 0 spiro atoms. The molecule has 0 saturated carbocycles. The molecule has 0 bridgehead atoms. The fourth-order valence-corrected chi connectivity index (χ4v) is 2.19. The Morgan fingerprint density at radius 1 is 0.923 bits per heavy atom. The maximum Gasteiger partial charge on any atom is 0.338 e. The Balaban J connectivity index is 1.95. The summed E-state index contributed by atoms with van der Waals surface area (Å²) < 4.78 is 16.6. The number of carbonyl (C=O) groups is 1. The van der Waals surface area contributed by atoms with Crippen LogP contribution in [0.5, 0.6) is 11.5 Å². The van der Waals surface area contributed by atoms with Crippen LogP contribution in [0.3, 0.4) is 0 Å². The van der Waals surface area contributed by atoms with Crippen molar-refractivity contribution < 1.29 is 19.0 Å². The highest BCUT2D eigenvalue weighted by Crippen LogP contribution is 2.25. The molecule has 0 atom stereocenters. The van der Waals surface area contributed by atoms with Crippen LogP contribution in [0.2, 0.25) is 0 Å². The number of ether oxygens (including phenoxy) is 3. The summed E-state index contributed by atoms with van der Waals surface area (Å²) in [6, 6.07) is 10.4. The van der Waals surface area contributed by atoms with Crippen molar-refractivity contribution in [2.75, 3.05) is 24.7 Å². The lowest BCUT2D eigenvalue weighted by atomic mass is 10.1. The minimum Gasteiger partial charge on any atom is -0.488 e. The number of nitrogens with two attached hydrogens (primary N) is 2. The third kappa shape index (κ3) is 5.58. The first-order valence-electron chi connectivity index (χ1n) is 8.40. The molecule has 0 heterocycles. The Hall–Kier alpha value is -2.89. The van der Waals surface area contributed by atoms with Gasteiger partial charge in [-0.15, -0.1) is 0 Å². The largest absolute Gasteiger partial charge is 0.488 e. The van der Waals surface area contributed by atoms with Gasteiger partial charge < -0.3 is 25.7 Å². The van der Waals surface area contributed by atoms with E-state index in [2.05, 4.69) is 0 Å². The van der Waals surface area contributed by atoms with Crippen molar-refractivity contribution in [3.05, 3.63) is 47.5 Å². The fraction of sp³-hybridized carbons (Fsp3) is 0.350. The van der Waals surface area contributed by atoms with E-state index in [1.807, 2.05) is 39.8 Å². The van der Waals surface area contributed by atoms with Crippen LogP contribution in [0.1, 0.15) is 36.7 Å². The highest BCUT2D eigenvalue weighted by molar-refractivity contribution is 5.91. The van der Waals surface area contributed by atoms with Gasteiger partial charge in [-0.1, -0.05) is 6.07 Å². The molecule has 6 heteroatoms. The molecule has 0 aliphatic heterocycles. The van der Waals surface area contributed by atoms with Crippen molar-refractivity contribution >= 4 is 17.3 Å². The van der Waals surface area contributed by atoms with Crippen LogP contribution >= 0.6 is 0 Å². The van der Waals surface area contributed by atoms with E-state index in [4.69, 9.17) is 25.7 Å². The summed E-state index contributed by atoms with van der Waals surface area (Å²) in [6.07, 6.45) is 0. The second-order valence-electron chi connectivity index (χ2n) is 6.99. The third-order valence-electron chi connectivity index (χ3n) is 3.42. The molecule has 2 aromatic rings. The normalized spacial score (nSPS) is 11.1. The van der Waals surface area contributed by atoms with Crippen molar-refractivity contribution in [3.8, 4) is 11.5 Å². The van der Waals surface area contributed by atoms with E-state index >= 15 is 0 Å². The number of rotatable bonds is 6. The standard InChI is InChI=1S/C20H26N2O4/c1-13-5-7-15(21)17(11-13)24-9-10-25-18-12-14(6-8-16(18)22)19(23)26-20(2,3)4/h5-8,11-12H,9-10,21-22H2,1-4H3. The molecule has 0 fully saturated rings. The fourth-order valence-electron chi connectivity index (χ4n) is 2.19. The zero-order chi connectivity index (χ0) is 19.3. The van der Waals surface area contributed by atoms with Crippen LogP contribution in [0, 0.1) is 6.92 Å². The molecule has 4 N–H and O–H groups in total. The first-order chi connectivity index (χ1) is 12.2. The maximum absolute atomic E-state index is 12.2. The van der Waals surface area contributed by atoms with Gasteiger partial charge in [0.25, 0.3) is 0 Å². The van der Waals surface area contributed by atoms with Gasteiger partial charge in [-0.3, -0.25) is 0 Å². The number of hydrogen-bond acceptors (Lipinski definition) is 6. The average Bonchev–Trinajstić information content (AvgIpc) is 2.54. The summed E-state index contributed by atoms with van der Waals surface area (Å²) in [5, 5.41) is 0. The first kappa shape index (κ1) is 19.4. The van der Waals surface area contributed by atoms with Gasteiger partial charge in [-0.05, 0) is 63.6 Å². The maximum atomic E-state index is 12.2. The van der Waals surface area contributed by atoms with E-state index in [0.717, 1.165) is 5.56 Å². The molecule has 0 aliphatic rings. The third-order valence-corrected chi connectivity index (χ3v) is 3.42. The van der Waals surface area contributed by atoms with Crippen LogP contribution in [0.25, 0.3) is 0 Å². The minimum atomic E-state index is -0.568. The number of aryl methyl sites for hydroxylation is 1. The van der Waals surface area contributed by atoms with Crippen LogP contribution in [0.15, 0.2) is 36.4 Å². The summed E-state index contributed by atoms with van der Waals surface area (Å²) in [5.41, 5.74) is 13.7. The van der Waals surface area contributed by atoms with Gasteiger partial charge in [0.05, 0.1) is 16.9 Å². The predicted molar refractivity (Wildman–Crippen MR) is 103 cm³/mol. The lowest BCUT2D eigenvalue weighted by Crippen LogP contribution is -2.24. The number of nitrogen functional groups attached to an aromatic ring is 2. The molecular weight excluding hydrogens is 332 g/mol. The van der Waals surface area contributed by atoms with Crippen LogP contribution < -0.4 is 20.9 Å². The smallest absolute Gasteiger partial charge is 0.338 e. The lowest BCUT2D eigenvalue weighted by Gasteiger charge is -2.20. The van der Waals surface area contributed by atoms with E-state index in [1.165, 1.54) is 0 Å². The van der Waals surface area contributed by atoms with Crippen molar-refractivity contribution in [3.63, 3.8) is 0 Å². The van der Waals surface area contributed by atoms with Gasteiger partial charge in [0.1, 0.15) is 30.3 Å². The van der Waals surface area contributed by atoms with Crippen molar-refractivity contribution in [2.24, 2.45) is 0 Å². The molecule has 2 rings (SSSR count). The average molecular weight is 358 g/mol. The zero-order valence-electron chi connectivity index (χ0n) is 15.7. The number of hydrogen-bond donors (Lipinski definition) is 2. The minimum absolute atomic E-state index is 0.259. The summed E-state index contributed by atoms with van der Waals surface area (Å²) in [6.45, 7) is 7.96. The molecule has 0 aliphatic carbocycles. The Labute approximate surface area is 154 Å². The molecule has 0 radical (unpaired) electrons. The SMILES string of the molecule is Cc1ccc(N)c(OCCOc2cc(C(=O)OC(C)(C)C)ccc2N)c1. The number of carbonyl (C=O) groups excluding carboxylic acids is 1. The van der Waals surface area contributed by atoms with E-state index in [0.29, 0.717) is 35.0 Å². The molecule has 26 heavy (non-hydrogen) atoms. The number of benzene rings is 2. The second-order valence-corrected chi connectivity index (χ2v) is 6.99. The van der Waals surface area contributed by atoms with Crippen molar-refractivity contribution in [2.45, 2.75) is 33.3 Å². The first-order valence-corrected chi connectivity index (χ1v) is 8.40. The van der Waals surface area contributed by atoms with Crippen molar-refractivity contribution in [1.82, 2.24) is 0 Å². The lowest BCUT2D eigenvalue weighted by molar-refractivity contribution is 0.00691. The molecule has 2 aromatic carbocycles. The summed E-state index contributed by atoms with van der Waals surface area (Å²) in [4.78, 5) is 12.2. The van der Waals surface area contributed by atoms with Gasteiger partial charge in [-0.2, -0.15) is 0 Å². The molecule has 0 aromatic heterocycles. The Morgan fingerprint density at radius 3 is 2.04 bits per heavy atom. The summed E-state index contributed by atoms with van der Waals surface area (Å²) in [5.74, 6) is 0.601. The Bertz CT molecular complexity index is 782. The van der Waals surface area contributed by atoms with Gasteiger partial charge >= 0.3 is 5.97 Å². The van der Waals surface area contributed by atoms with Gasteiger partial charge in [-0.25, -0.2) is 4.79 Å². The van der Waals surface area contributed by atoms with Crippen LogP contribution in [-0.4, -0.2) is 24.8 Å². The molecule has 0 unspecified atom stereocenters. The van der Waals surface area contributed by atoms with E-state index in [-0.39, 0.29) is 6.61 Å². The molecule has 6 nitrogen and oxygen atoms in total. The second kappa shape index (κ2) is 7.99. The van der Waals surface area contributed by atoms with E-state index < -0.39 is 11.6 Å². The van der Waals surface area contributed by atoms with Gasteiger partial charge in [0.15, 0.2) is 0 Å². The predicted octanol–water partition coefficient (Wildman–Crippen LogP) is 3.57. The van der Waals surface area contributed by atoms with Gasteiger partial charge in [0.2, 0.25) is 0 Å². The van der Waals surface area contributed by atoms with E-state index in [9.17, 15) is 4.79 Å². The number of anilines is 2. The quantitative estimate of drug-likeness (QED) is 0.465. The molecule has 0 saturated heterocycles. The highest BCUT2D eigenvalue weighted by atomic mass is 16.6. The van der Waals surface area contributed by atoms with Gasteiger partial charge in [0, 0.05) is 0 Å². The van der Waals surface area contributed by atoms with E-state index in [1.54, 1.807) is 24.3 Å². The summed E-state index contributed by atoms with van der Waals surface area (Å²) >= 11 is 0. The van der Waals surface area contributed by atoms with Crippen molar-refractivity contribution in [1.29, 1.82) is 0 Å².